The summed E-state index contributed by atoms with van der Waals surface area (Å²) in [4.78, 5) is 17.2. The number of hydrogen-bond acceptors (Lipinski definition) is 4. The predicted molar refractivity (Wildman–Crippen MR) is 112 cm³/mol. The topological polar surface area (TPSA) is 32.8 Å². The molecule has 5 heteroatoms. The van der Waals surface area contributed by atoms with Gasteiger partial charge in [-0.05, 0) is 67.8 Å². The second-order valence-electron chi connectivity index (χ2n) is 7.27. The molecule has 146 valence electrons. The molecule has 0 aliphatic carbocycles. The van der Waals surface area contributed by atoms with Crippen LogP contribution in [0.1, 0.15) is 35.7 Å². The minimum Gasteiger partial charge on any atom is -0.497 e. The van der Waals surface area contributed by atoms with E-state index in [-0.39, 0.29) is 5.91 Å². The van der Waals surface area contributed by atoms with E-state index >= 15 is 0 Å². The Balaban J connectivity index is 1.51. The molecule has 0 radical (unpaired) electrons. The molecular formula is C22H30N2O2S. The van der Waals surface area contributed by atoms with Crippen molar-refractivity contribution in [2.75, 3.05) is 39.8 Å². The molecule has 27 heavy (non-hydrogen) atoms. The molecule has 0 bridgehead atoms. The van der Waals surface area contributed by atoms with Gasteiger partial charge in [0.25, 0.3) is 5.91 Å². The zero-order chi connectivity index (χ0) is 19.1. The fourth-order valence-corrected chi connectivity index (χ4v) is 4.48. The number of ether oxygens (including phenoxy) is 1. The third-order valence-electron chi connectivity index (χ3n) is 5.37. The lowest BCUT2D eigenvalue weighted by molar-refractivity contribution is 0.0691. The number of likely N-dealkylation sites (tertiary alicyclic amines) is 1. The summed E-state index contributed by atoms with van der Waals surface area (Å²) in [6.45, 7) is 7.01. The molecule has 2 aromatic rings. The second kappa shape index (κ2) is 9.90. The van der Waals surface area contributed by atoms with E-state index in [1.807, 2.05) is 27.8 Å². The van der Waals surface area contributed by atoms with Gasteiger partial charge in [0, 0.05) is 31.6 Å². The van der Waals surface area contributed by atoms with Gasteiger partial charge >= 0.3 is 0 Å². The molecule has 1 fully saturated rings. The average molecular weight is 387 g/mol. The van der Waals surface area contributed by atoms with Crippen molar-refractivity contribution in [3.8, 4) is 5.75 Å². The van der Waals surface area contributed by atoms with Crippen LogP contribution >= 0.6 is 11.3 Å². The van der Waals surface area contributed by atoms with E-state index in [4.69, 9.17) is 4.74 Å². The molecular weight excluding hydrogens is 356 g/mol. The van der Waals surface area contributed by atoms with Gasteiger partial charge in [-0.3, -0.25) is 4.79 Å². The minimum absolute atomic E-state index is 0.173. The van der Waals surface area contributed by atoms with Gasteiger partial charge < -0.3 is 14.5 Å². The second-order valence-corrected chi connectivity index (χ2v) is 8.05. The Morgan fingerprint density at radius 2 is 2.26 bits per heavy atom. The van der Waals surface area contributed by atoms with E-state index in [0.29, 0.717) is 5.92 Å². The third-order valence-corrected chi connectivity index (χ3v) is 6.05. The van der Waals surface area contributed by atoms with Gasteiger partial charge in [0.15, 0.2) is 0 Å². The van der Waals surface area contributed by atoms with Gasteiger partial charge in [0.1, 0.15) is 5.75 Å². The van der Waals surface area contributed by atoms with Crippen LogP contribution in [0.5, 0.6) is 5.75 Å². The molecule has 3 rings (SSSR count). The van der Waals surface area contributed by atoms with Crippen molar-refractivity contribution >= 4 is 17.2 Å². The highest BCUT2D eigenvalue weighted by molar-refractivity contribution is 7.08. The molecule has 1 aromatic heterocycles. The van der Waals surface area contributed by atoms with Crippen LogP contribution in [0.3, 0.4) is 0 Å². The van der Waals surface area contributed by atoms with Gasteiger partial charge in [-0.15, -0.1) is 0 Å². The normalized spacial score (nSPS) is 17.6. The van der Waals surface area contributed by atoms with Crippen molar-refractivity contribution < 1.29 is 9.53 Å². The third kappa shape index (κ3) is 5.56. The number of methoxy groups -OCH3 is 1. The number of nitrogens with zero attached hydrogens (tertiary/aromatic N) is 2. The number of benzene rings is 1. The van der Waals surface area contributed by atoms with Crippen molar-refractivity contribution in [3.05, 3.63) is 52.2 Å². The summed E-state index contributed by atoms with van der Waals surface area (Å²) in [6, 6.07) is 10.3. The summed E-state index contributed by atoms with van der Waals surface area (Å²) in [5.41, 5.74) is 2.15. The molecule has 1 amide bonds. The van der Waals surface area contributed by atoms with Crippen molar-refractivity contribution in [1.82, 2.24) is 9.80 Å². The molecule has 1 aliphatic rings. The molecule has 1 aromatic carbocycles. The highest BCUT2D eigenvalue weighted by Crippen LogP contribution is 2.20. The Labute approximate surface area is 166 Å². The maximum Gasteiger partial charge on any atom is 0.254 e. The summed E-state index contributed by atoms with van der Waals surface area (Å²) < 4.78 is 5.32. The van der Waals surface area contributed by atoms with Crippen molar-refractivity contribution in [1.29, 1.82) is 0 Å². The summed E-state index contributed by atoms with van der Waals surface area (Å²) in [5, 5.41) is 3.92. The molecule has 1 saturated heterocycles. The predicted octanol–water partition coefficient (Wildman–Crippen LogP) is 4.17. The number of carbonyl (C=O) groups is 1. The summed E-state index contributed by atoms with van der Waals surface area (Å²) in [6.07, 6.45) is 3.46. The Hall–Kier alpha value is -1.85. The Morgan fingerprint density at radius 1 is 1.37 bits per heavy atom. The van der Waals surface area contributed by atoms with Gasteiger partial charge in [-0.1, -0.05) is 12.1 Å². The number of carbonyl (C=O) groups excluding carboxylic acids is 1. The van der Waals surface area contributed by atoms with E-state index < -0.39 is 0 Å². The minimum atomic E-state index is 0.173. The first-order valence-electron chi connectivity index (χ1n) is 9.86. The lowest BCUT2D eigenvalue weighted by Gasteiger charge is -2.35. The highest BCUT2D eigenvalue weighted by Gasteiger charge is 2.24. The molecule has 0 unspecified atom stereocenters. The van der Waals surface area contributed by atoms with E-state index in [2.05, 4.69) is 30.0 Å². The van der Waals surface area contributed by atoms with Crippen molar-refractivity contribution in [3.63, 3.8) is 0 Å². The number of amides is 1. The number of rotatable bonds is 8. The first kappa shape index (κ1) is 19.9. The Bertz CT molecular complexity index is 717. The Morgan fingerprint density at radius 3 is 3.00 bits per heavy atom. The first-order valence-corrected chi connectivity index (χ1v) is 10.8. The largest absolute Gasteiger partial charge is 0.497 e. The van der Waals surface area contributed by atoms with Crippen LogP contribution in [0, 0.1) is 5.92 Å². The van der Waals surface area contributed by atoms with Crippen molar-refractivity contribution in [2.45, 2.75) is 26.2 Å². The molecule has 0 N–H and O–H groups in total. The fraction of sp³-hybridized carbons (Fsp3) is 0.500. The lowest BCUT2D eigenvalue weighted by atomic mass is 9.96. The van der Waals surface area contributed by atoms with Crippen LogP contribution in [0.2, 0.25) is 0 Å². The van der Waals surface area contributed by atoms with Crippen LogP contribution < -0.4 is 4.74 Å². The van der Waals surface area contributed by atoms with E-state index in [1.165, 1.54) is 18.4 Å². The monoisotopic (exact) mass is 386 g/mol. The maximum absolute atomic E-state index is 12.7. The SMILES string of the molecule is CCN(C[C@@H]1CCCN(CCc2cccc(OC)c2)C1)C(=O)c1ccsc1. The van der Waals surface area contributed by atoms with Crippen LogP contribution in [0.15, 0.2) is 41.1 Å². The highest BCUT2D eigenvalue weighted by atomic mass is 32.1. The van der Waals surface area contributed by atoms with E-state index in [0.717, 1.165) is 50.5 Å². The standard InChI is InChI=1S/C22H30N2O2S/c1-3-24(22(25)20-10-13-27-17-20)16-19-7-5-11-23(15-19)12-9-18-6-4-8-21(14-18)26-2/h4,6,8,10,13-14,17,19H,3,5,7,9,11-12,15-16H2,1-2H3/t19-/m1/s1. The van der Waals surface area contributed by atoms with Crippen LogP contribution in [0.25, 0.3) is 0 Å². The quantitative estimate of drug-likeness (QED) is 0.682. The van der Waals surface area contributed by atoms with Crippen LogP contribution in [-0.2, 0) is 6.42 Å². The van der Waals surface area contributed by atoms with Gasteiger partial charge in [0.2, 0.25) is 0 Å². The lowest BCUT2D eigenvalue weighted by Crippen LogP contribution is -2.43. The van der Waals surface area contributed by atoms with Gasteiger partial charge in [-0.2, -0.15) is 11.3 Å². The molecule has 0 spiro atoms. The van der Waals surface area contributed by atoms with Gasteiger partial charge in [-0.25, -0.2) is 0 Å². The molecule has 4 nitrogen and oxygen atoms in total. The summed E-state index contributed by atoms with van der Waals surface area (Å²) in [7, 11) is 1.71. The Kier molecular flexibility index (Phi) is 7.30. The number of piperidine rings is 1. The maximum atomic E-state index is 12.7. The number of thiophene rings is 1. The molecule has 0 saturated carbocycles. The van der Waals surface area contributed by atoms with Gasteiger partial charge in [0.05, 0.1) is 12.7 Å². The fourth-order valence-electron chi connectivity index (χ4n) is 3.85. The first-order chi connectivity index (χ1) is 13.2. The molecule has 1 atom stereocenters. The van der Waals surface area contributed by atoms with E-state index in [9.17, 15) is 4.79 Å². The average Bonchev–Trinajstić information content (AvgIpc) is 3.25. The van der Waals surface area contributed by atoms with Crippen molar-refractivity contribution in [2.24, 2.45) is 5.92 Å². The molecule has 2 heterocycles. The van der Waals surface area contributed by atoms with E-state index in [1.54, 1.807) is 18.4 Å². The zero-order valence-electron chi connectivity index (χ0n) is 16.4. The van der Waals surface area contributed by atoms with Crippen LogP contribution in [-0.4, -0.2) is 55.5 Å². The van der Waals surface area contributed by atoms with Crippen LogP contribution in [0.4, 0.5) is 0 Å². The smallest absolute Gasteiger partial charge is 0.254 e. The zero-order valence-corrected chi connectivity index (χ0v) is 17.2. The summed E-state index contributed by atoms with van der Waals surface area (Å²) >= 11 is 1.58. The summed E-state index contributed by atoms with van der Waals surface area (Å²) in [5.74, 6) is 1.66. The molecule has 1 aliphatic heterocycles. The number of hydrogen-bond donors (Lipinski definition) is 0.